The summed E-state index contributed by atoms with van der Waals surface area (Å²) in [6.07, 6.45) is 5.25. The van der Waals surface area contributed by atoms with Crippen LogP contribution in [0.4, 0.5) is 5.13 Å². The van der Waals surface area contributed by atoms with Gasteiger partial charge in [-0.2, -0.15) is 0 Å². The average Bonchev–Trinajstić information content (AvgIpc) is 3.54. The van der Waals surface area contributed by atoms with E-state index in [0.717, 1.165) is 39.5 Å². The number of nitrogens with one attached hydrogen (secondary N) is 1. The van der Waals surface area contributed by atoms with Crippen LogP contribution < -0.4 is 5.32 Å². The quantitative estimate of drug-likeness (QED) is 0.333. The molecular weight excluding hydrogens is 487 g/mol. The Morgan fingerprint density at radius 2 is 1.94 bits per heavy atom. The first-order chi connectivity index (χ1) is 16.7. The zero-order chi connectivity index (χ0) is 23.1. The summed E-state index contributed by atoms with van der Waals surface area (Å²) in [5.41, 5.74) is 3.40. The number of carbonyl (C=O) groups is 1. The minimum atomic E-state index is -0.149. The van der Waals surface area contributed by atoms with Gasteiger partial charge in [0.1, 0.15) is 15.7 Å². The van der Waals surface area contributed by atoms with E-state index in [9.17, 15) is 4.79 Å². The highest BCUT2D eigenvalue weighted by molar-refractivity contribution is 7.99. The van der Waals surface area contributed by atoms with Crippen LogP contribution in [0.1, 0.15) is 39.7 Å². The number of rotatable bonds is 6. The van der Waals surface area contributed by atoms with Crippen LogP contribution in [-0.2, 0) is 24.1 Å². The molecule has 4 heterocycles. The lowest BCUT2D eigenvalue weighted by molar-refractivity contribution is -0.113. The van der Waals surface area contributed by atoms with E-state index in [0.29, 0.717) is 16.7 Å². The summed E-state index contributed by atoms with van der Waals surface area (Å²) in [6, 6.07) is 10.3. The van der Waals surface area contributed by atoms with Gasteiger partial charge in [0, 0.05) is 11.3 Å². The summed E-state index contributed by atoms with van der Waals surface area (Å²) in [6.45, 7) is 1.86. The summed E-state index contributed by atoms with van der Waals surface area (Å²) < 4.78 is 2.05. The lowest BCUT2D eigenvalue weighted by atomic mass is 9.97. The predicted octanol–water partition coefficient (Wildman–Crippen LogP) is 4.70. The van der Waals surface area contributed by atoms with Gasteiger partial charge in [-0.25, -0.2) is 4.98 Å². The number of hydrogen-bond donors (Lipinski definition) is 1. The molecule has 0 saturated carbocycles. The van der Waals surface area contributed by atoms with Crippen molar-refractivity contribution in [2.75, 3.05) is 11.1 Å². The van der Waals surface area contributed by atoms with Gasteiger partial charge in [0.2, 0.25) is 11.0 Å². The maximum atomic E-state index is 12.5. The number of carbonyl (C=O) groups excluding carboxylic acids is 1. The first kappa shape index (κ1) is 21.6. The number of aryl methyl sites for hydroxylation is 3. The van der Waals surface area contributed by atoms with Crippen molar-refractivity contribution in [3.63, 3.8) is 0 Å². The third-order valence-electron chi connectivity index (χ3n) is 5.81. The lowest BCUT2D eigenvalue weighted by Gasteiger charge is -2.11. The van der Waals surface area contributed by atoms with E-state index in [1.165, 1.54) is 51.9 Å². The Morgan fingerprint density at radius 3 is 2.76 bits per heavy atom. The lowest BCUT2D eigenvalue weighted by Crippen LogP contribution is -2.14. The molecular formula is C23H21N7OS3. The van der Waals surface area contributed by atoms with Crippen LogP contribution in [0.15, 0.2) is 35.5 Å². The molecule has 0 bridgehead atoms. The van der Waals surface area contributed by atoms with Crippen molar-refractivity contribution in [1.82, 2.24) is 29.8 Å². The molecule has 172 valence electrons. The van der Waals surface area contributed by atoms with Crippen molar-refractivity contribution in [2.45, 2.75) is 44.2 Å². The van der Waals surface area contributed by atoms with Gasteiger partial charge in [-0.15, -0.1) is 31.7 Å². The second-order valence-electron chi connectivity index (χ2n) is 8.19. The molecule has 1 N–H and O–H groups in total. The molecule has 1 amide bonds. The van der Waals surface area contributed by atoms with Gasteiger partial charge in [-0.05, 0) is 43.7 Å². The molecule has 1 aliphatic rings. The van der Waals surface area contributed by atoms with Crippen LogP contribution in [0.2, 0.25) is 0 Å². The number of hydrogen-bond acceptors (Lipinski definition) is 9. The number of fused-ring (bicyclic) bond motifs is 5. The third kappa shape index (κ3) is 4.08. The van der Waals surface area contributed by atoms with E-state index < -0.39 is 0 Å². The molecule has 0 unspecified atom stereocenters. The normalized spacial score (nSPS) is 13.4. The standard InChI is InChI=1S/C23H21N7OS3/c1-13-26-28-22(33-13)25-18(31)12-32-23-29-27-20-19-15-9-5-6-10-16(15)34-21(19)24-17(30(20)23)11-14-7-3-2-4-8-14/h2-4,7-8H,5-6,9-12H2,1H3,(H,25,28,31). The Hall–Kier alpha value is -2.89. The molecule has 1 aliphatic carbocycles. The summed E-state index contributed by atoms with van der Waals surface area (Å²) >= 11 is 4.51. The van der Waals surface area contributed by atoms with Crippen molar-refractivity contribution >= 4 is 61.3 Å². The fourth-order valence-corrected chi connectivity index (χ4v) is 6.95. The van der Waals surface area contributed by atoms with E-state index in [1.54, 1.807) is 11.3 Å². The monoisotopic (exact) mass is 507 g/mol. The fourth-order valence-electron chi connectivity index (χ4n) is 4.32. The number of anilines is 1. The van der Waals surface area contributed by atoms with E-state index >= 15 is 0 Å². The first-order valence-electron chi connectivity index (χ1n) is 11.1. The summed E-state index contributed by atoms with van der Waals surface area (Å²) in [7, 11) is 0. The number of thiophene rings is 1. The molecule has 0 radical (unpaired) electrons. The number of aromatic nitrogens is 6. The first-order valence-corrected chi connectivity index (χ1v) is 13.7. The fraction of sp³-hybridized carbons (Fsp3) is 0.304. The molecule has 0 fully saturated rings. The van der Waals surface area contributed by atoms with Gasteiger partial charge in [0.15, 0.2) is 10.8 Å². The average molecular weight is 508 g/mol. The predicted molar refractivity (Wildman–Crippen MR) is 136 cm³/mol. The van der Waals surface area contributed by atoms with Crippen LogP contribution in [0.3, 0.4) is 0 Å². The van der Waals surface area contributed by atoms with Crippen LogP contribution in [-0.4, -0.2) is 41.4 Å². The summed E-state index contributed by atoms with van der Waals surface area (Å²) in [4.78, 5) is 20.1. The highest BCUT2D eigenvalue weighted by Gasteiger charge is 2.24. The van der Waals surface area contributed by atoms with E-state index in [2.05, 4.69) is 37.8 Å². The maximum Gasteiger partial charge on any atom is 0.236 e. The molecule has 4 aromatic heterocycles. The van der Waals surface area contributed by atoms with Crippen molar-refractivity contribution in [3.05, 3.63) is 57.2 Å². The van der Waals surface area contributed by atoms with Gasteiger partial charge in [-0.1, -0.05) is 53.4 Å². The topological polar surface area (TPSA) is 98.0 Å². The van der Waals surface area contributed by atoms with Crippen LogP contribution >= 0.6 is 34.4 Å². The van der Waals surface area contributed by atoms with Gasteiger partial charge >= 0.3 is 0 Å². The van der Waals surface area contributed by atoms with E-state index in [4.69, 9.17) is 4.98 Å². The van der Waals surface area contributed by atoms with Crippen molar-refractivity contribution in [3.8, 4) is 0 Å². The van der Waals surface area contributed by atoms with Crippen LogP contribution in [0.5, 0.6) is 0 Å². The number of benzene rings is 1. The Labute approximate surface area is 207 Å². The minimum Gasteiger partial charge on any atom is -0.300 e. The van der Waals surface area contributed by atoms with E-state index in [1.807, 2.05) is 29.5 Å². The summed E-state index contributed by atoms with van der Waals surface area (Å²) in [5.74, 6) is 0.939. The minimum absolute atomic E-state index is 0.149. The third-order valence-corrected chi connectivity index (χ3v) is 8.68. The summed E-state index contributed by atoms with van der Waals surface area (Å²) in [5, 5.41) is 22.9. The second kappa shape index (κ2) is 9.05. The zero-order valence-corrected chi connectivity index (χ0v) is 20.9. The molecule has 11 heteroatoms. The van der Waals surface area contributed by atoms with Crippen LogP contribution in [0.25, 0.3) is 15.9 Å². The maximum absolute atomic E-state index is 12.5. The second-order valence-corrected chi connectivity index (χ2v) is 11.4. The van der Waals surface area contributed by atoms with Gasteiger partial charge < -0.3 is 0 Å². The molecule has 0 atom stereocenters. The SMILES string of the molecule is Cc1nnc(NC(=O)CSc2nnc3c4c5c(sc4nc(Cc4ccccc4)n23)CCCC5)s1. The number of nitrogens with zero attached hydrogens (tertiary/aromatic N) is 6. The highest BCUT2D eigenvalue weighted by atomic mass is 32.2. The largest absolute Gasteiger partial charge is 0.300 e. The smallest absolute Gasteiger partial charge is 0.236 e. The van der Waals surface area contributed by atoms with Crippen molar-refractivity contribution < 1.29 is 4.79 Å². The Morgan fingerprint density at radius 1 is 1.09 bits per heavy atom. The van der Waals surface area contributed by atoms with Gasteiger partial charge in [0.05, 0.1) is 11.1 Å². The Balaban J connectivity index is 1.38. The Bertz CT molecular complexity index is 1510. The Kier molecular flexibility index (Phi) is 5.75. The molecule has 1 aromatic carbocycles. The van der Waals surface area contributed by atoms with Gasteiger partial charge in [0.25, 0.3) is 0 Å². The molecule has 0 spiro atoms. The van der Waals surface area contributed by atoms with Gasteiger partial charge in [-0.3, -0.25) is 14.5 Å². The van der Waals surface area contributed by atoms with Crippen molar-refractivity contribution in [2.24, 2.45) is 0 Å². The molecule has 0 saturated heterocycles. The molecule has 8 nitrogen and oxygen atoms in total. The van der Waals surface area contributed by atoms with Crippen LogP contribution in [0, 0.1) is 6.92 Å². The molecule has 6 rings (SSSR count). The molecule has 0 aliphatic heterocycles. The highest BCUT2D eigenvalue weighted by Crippen LogP contribution is 2.38. The molecule has 5 aromatic rings. The molecule has 34 heavy (non-hydrogen) atoms. The van der Waals surface area contributed by atoms with E-state index in [-0.39, 0.29) is 11.7 Å². The number of thioether (sulfide) groups is 1. The van der Waals surface area contributed by atoms with Crippen molar-refractivity contribution in [1.29, 1.82) is 0 Å². The zero-order valence-electron chi connectivity index (χ0n) is 18.4. The number of amides is 1.